The molecule has 2 N–H and O–H groups in total. The summed E-state index contributed by atoms with van der Waals surface area (Å²) in [7, 11) is 1.42. The van der Waals surface area contributed by atoms with Crippen LogP contribution in [0.1, 0.15) is 17.0 Å². The van der Waals surface area contributed by atoms with Gasteiger partial charge in [-0.25, -0.2) is 4.79 Å². The third kappa shape index (κ3) is 3.84. The maximum Gasteiger partial charge on any atom is 0.407 e. The molecule has 2 fully saturated rings. The molecule has 0 spiro atoms. The van der Waals surface area contributed by atoms with Crippen LogP contribution in [0.5, 0.6) is 0 Å². The van der Waals surface area contributed by atoms with E-state index in [2.05, 4.69) is 29.6 Å². The molecule has 0 radical (unpaired) electrons. The quantitative estimate of drug-likeness (QED) is 0.671. The Bertz CT molecular complexity index is 1040. The number of likely N-dealkylation sites (tertiary alicyclic amines) is 1. The van der Waals surface area contributed by atoms with Gasteiger partial charge in [-0.05, 0) is 34.1 Å². The fourth-order valence-electron chi connectivity index (χ4n) is 5.37. The maximum atomic E-state index is 12.7. The molecule has 2 aromatic rings. The van der Waals surface area contributed by atoms with Crippen molar-refractivity contribution in [3.8, 4) is 11.1 Å². The first kappa shape index (κ1) is 21.5. The molecular weight excluding hydrogens is 424 g/mol. The summed E-state index contributed by atoms with van der Waals surface area (Å²) in [5, 5.41) is 11.8. The summed E-state index contributed by atoms with van der Waals surface area (Å²) in [6.07, 6.45) is -1.45. The Balaban J connectivity index is 1.14. The summed E-state index contributed by atoms with van der Waals surface area (Å²) in [5.74, 6) is -1.36. The molecule has 3 unspecified atom stereocenters. The van der Waals surface area contributed by atoms with Crippen molar-refractivity contribution in [1.82, 2.24) is 10.2 Å². The van der Waals surface area contributed by atoms with Gasteiger partial charge in [-0.15, -0.1) is 0 Å². The van der Waals surface area contributed by atoms with Crippen LogP contribution in [0.4, 0.5) is 4.79 Å². The predicted molar refractivity (Wildman–Crippen MR) is 119 cm³/mol. The lowest BCUT2D eigenvalue weighted by Gasteiger charge is -2.24. The fraction of sp³-hybridized carbons (Fsp3) is 0.400. The standard InChI is InChI=1S/C25H26N2O6/c1-32-21(23(28)27-11-18-19(12-27)22(18)24(29)30)10-26-25(31)33-13-20-16-8-4-2-6-14(16)15-7-3-5-9-17(15)20/h2-9,18-22H,10-13H2,1H3,(H,26,31)(H,29,30). The van der Waals surface area contributed by atoms with Crippen LogP contribution in [0, 0.1) is 17.8 Å². The van der Waals surface area contributed by atoms with Crippen LogP contribution in [0.25, 0.3) is 11.1 Å². The Morgan fingerprint density at radius 3 is 2.15 bits per heavy atom. The Labute approximate surface area is 191 Å². The number of ether oxygens (including phenoxy) is 2. The van der Waals surface area contributed by atoms with E-state index in [1.54, 1.807) is 4.90 Å². The van der Waals surface area contributed by atoms with E-state index >= 15 is 0 Å². The molecule has 1 heterocycles. The zero-order chi connectivity index (χ0) is 23.1. The zero-order valence-electron chi connectivity index (χ0n) is 18.3. The number of nitrogens with one attached hydrogen (secondary N) is 1. The zero-order valence-corrected chi connectivity index (χ0v) is 18.3. The molecule has 2 amide bonds. The summed E-state index contributed by atoms with van der Waals surface area (Å²) >= 11 is 0. The van der Waals surface area contributed by atoms with Gasteiger partial charge in [0, 0.05) is 26.1 Å². The molecule has 8 nitrogen and oxygen atoms in total. The number of carbonyl (C=O) groups excluding carboxylic acids is 2. The number of piperidine rings is 1. The number of carboxylic acid groups (broad SMARTS) is 1. The van der Waals surface area contributed by atoms with Crippen LogP contribution in [-0.4, -0.2) is 67.4 Å². The van der Waals surface area contributed by atoms with Crippen molar-refractivity contribution in [2.75, 3.05) is 33.4 Å². The minimum Gasteiger partial charge on any atom is -0.481 e. The van der Waals surface area contributed by atoms with Gasteiger partial charge in [0.05, 0.1) is 12.5 Å². The summed E-state index contributed by atoms with van der Waals surface area (Å²) in [6, 6.07) is 16.2. The summed E-state index contributed by atoms with van der Waals surface area (Å²) in [5.41, 5.74) is 4.56. The molecule has 33 heavy (non-hydrogen) atoms. The van der Waals surface area contributed by atoms with E-state index in [9.17, 15) is 14.4 Å². The molecule has 3 atom stereocenters. The van der Waals surface area contributed by atoms with E-state index in [0.717, 1.165) is 22.3 Å². The molecule has 2 aromatic carbocycles. The molecule has 3 aliphatic rings. The lowest BCUT2D eigenvalue weighted by Crippen LogP contribution is -2.46. The molecule has 2 aliphatic carbocycles. The van der Waals surface area contributed by atoms with Crippen LogP contribution in [0.15, 0.2) is 48.5 Å². The summed E-state index contributed by atoms with van der Waals surface area (Å²) < 4.78 is 10.8. The van der Waals surface area contributed by atoms with Crippen LogP contribution >= 0.6 is 0 Å². The van der Waals surface area contributed by atoms with Gasteiger partial charge >= 0.3 is 12.1 Å². The van der Waals surface area contributed by atoms with Gasteiger partial charge < -0.3 is 24.8 Å². The second-order valence-corrected chi connectivity index (χ2v) is 8.87. The number of hydrogen-bond acceptors (Lipinski definition) is 5. The van der Waals surface area contributed by atoms with Crippen molar-refractivity contribution < 1.29 is 29.0 Å². The lowest BCUT2D eigenvalue weighted by atomic mass is 9.98. The van der Waals surface area contributed by atoms with Gasteiger partial charge in [0.25, 0.3) is 5.91 Å². The first-order valence-corrected chi connectivity index (χ1v) is 11.1. The number of carboxylic acids is 1. The molecular formula is C25H26N2O6. The maximum absolute atomic E-state index is 12.7. The van der Waals surface area contributed by atoms with Gasteiger partial charge in [-0.3, -0.25) is 9.59 Å². The molecule has 0 aromatic heterocycles. The summed E-state index contributed by atoms with van der Waals surface area (Å²) in [4.78, 5) is 37.9. The van der Waals surface area contributed by atoms with Crippen LogP contribution in [0.3, 0.4) is 0 Å². The van der Waals surface area contributed by atoms with Crippen molar-refractivity contribution >= 4 is 18.0 Å². The predicted octanol–water partition coefficient (Wildman–Crippen LogP) is 2.33. The van der Waals surface area contributed by atoms with E-state index < -0.39 is 18.2 Å². The first-order valence-electron chi connectivity index (χ1n) is 11.1. The molecule has 0 bridgehead atoms. The molecule has 1 aliphatic heterocycles. The van der Waals surface area contributed by atoms with Crippen LogP contribution < -0.4 is 5.32 Å². The van der Waals surface area contributed by atoms with Crippen molar-refractivity contribution in [3.63, 3.8) is 0 Å². The number of methoxy groups -OCH3 is 1. The fourth-order valence-corrected chi connectivity index (χ4v) is 5.37. The first-order chi connectivity index (χ1) is 16.0. The van der Waals surface area contributed by atoms with E-state index in [1.165, 1.54) is 7.11 Å². The Morgan fingerprint density at radius 1 is 1.03 bits per heavy atom. The van der Waals surface area contributed by atoms with Crippen molar-refractivity contribution in [1.29, 1.82) is 0 Å². The van der Waals surface area contributed by atoms with Crippen LogP contribution in [-0.2, 0) is 19.1 Å². The van der Waals surface area contributed by atoms with Gasteiger partial charge in [0.2, 0.25) is 0 Å². The number of benzene rings is 2. The number of aliphatic carboxylic acids is 1. The number of amides is 2. The van der Waals surface area contributed by atoms with Crippen molar-refractivity contribution in [2.24, 2.45) is 17.8 Å². The second kappa shape index (κ2) is 8.51. The molecule has 5 rings (SSSR count). The smallest absolute Gasteiger partial charge is 0.407 e. The number of rotatable bonds is 7. The van der Waals surface area contributed by atoms with Crippen molar-refractivity contribution in [2.45, 2.75) is 12.0 Å². The molecule has 1 saturated heterocycles. The third-order valence-corrected chi connectivity index (χ3v) is 7.13. The highest BCUT2D eigenvalue weighted by atomic mass is 16.5. The normalized spacial score (nSPS) is 23.3. The average Bonchev–Trinajstić information content (AvgIpc) is 3.18. The van der Waals surface area contributed by atoms with E-state index in [-0.39, 0.29) is 42.7 Å². The van der Waals surface area contributed by atoms with E-state index in [0.29, 0.717) is 13.1 Å². The number of nitrogens with zero attached hydrogens (tertiary/aromatic N) is 1. The van der Waals surface area contributed by atoms with Gasteiger partial charge in [0.1, 0.15) is 6.61 Å². The average molecular weight is 450 g/mol. The number of hydrogen-bond donors (Lipinski definition) is 2. The topological polar surface area (TPSA) is 105 Å². The van der Waals surface area contributed by atoms with Gasteiger partial charge in [-0.2, -0.15) is 0 Å². The van der Waals surface area contributed by atoms with Crippen molar-refractivity contribution in [3.05, 3.63) is 59.7 Å². The summed E-state index contributed by atoms with van der Waals surface area (Å²) in [6.45, 7) is 1.02. The van der Waals surface area contributed by atoms with Gasteiger partial charge in [-0.1, -0.05) is 48.5 Å². The number of alkyl carbamates (subject to hydrolysis) is 1. The van der Waals surface area contributed by atoms with Gasteiger partial charge in [0.15, 0.2) is 6.10 Å². The Kier molecular flexibility index (Phi) is 5.54. The minimum atomic E-state index is -0.841. The number of carbonyl (C=O) groups is 3. The largest absolute Gasteiger partial charge is 0.481 e. The minimum absolute atomic E-state index is 0.0137. The Hall–Kier alpha value is -3.39. The highest BCUT2D eigenvalue weighted by Crippen LogP contribution is 2.51. The van der Waals surface area contributed by atoms with E-state index in [1.807, 2.05) is 24.3 Å². The highest BCUT2D eigenvalue weighted by Gasteiger charge is 2.60. The lowest BCUT2D eigenvalue weighted by molar-refractivity contribution is -0.144. The molecule has 172 valence electrons. The molecule has 1 saturated carbocycles. The highest BCUT2D eigenvalue weighted by molar-refractivity contribution is 5.84. The molecule has 8 heteroatoms. The Morgan fingerprint density at radius 2 is 1.61 bits per heavy atom. The monoisotopic (exact) mass is 450 g/mol. The van der Waals surface area contributed by atoms with E-state index in [4.69, 9.17) is 14.6 Å². The van der Waals surface area contributed by atoms with Crippen LogP contribution in [0.2, 0.25) is 0 Å². The second-order valence-electron chi connectivity index (χ2n) is 8.87. The SMILES string of the molecule is COC(CNC(=O)OCC1c2ccccc2-c2ccccc21)C(=O)N1CC2C(C1)C2C(=O)O. The number of fused-ring (bicyclic) bond motifs is 4. The third-order valence-electron chi connectivity index (χ3n) is 7.13.